The smallest absolute Gasteiger partial charge is 0.308 e. The Labute approximate surface area is 132 Å². The summed E-state index contributed by atoms with van der Waals surface area (Å²) >= 11 is 0. The zero-order valence-corrected chi connectivity index (χ0v) is 13.4. The molecule has 1 unspecified atom stereocenters. The minimum Gasteiger partial charge on any atom is -0.461 e. The van der Waals surface area contributed by atoms with Crippen molar-refractivity contribution in [2.24, 2.45) is 11.8 Å². The normalized spacial score (nSPS) is 22.5. The van der Waals surface area contributed by atoms with Gasteiger partial charge >= 0.3 is 5.97 Å². The fourth-order valence-corrected chi connectivity index (χ4v) is 3.28. The van der Waals surface area contributed by atoms with Gasteiger partial charge < -0.3 is 4.74 Å². The summed E-state index contributed by atoms with van der Waals surface area (Å²) in [6.45, 7) is 6.35. The van der Waals surface area contributed by atoms with E-state index in [1.54, 1.807) is 0 Å². The van der Waals surface area contributed by atoms with Crippen LogP contribution >= 0.6 is 0 Å². The monoisotopic (exact) mass is 294 g/mol. The van der Waals surface area contributed by atoms with E-state index in [2.05, 4.69) is 55.5 Å². The highest BCUT2D eigenvalue weighted by molar-refractivity contribution is 5.80. The molecule has 2 heteroatoms. The van der Waals surface area contributed by atoms with Crippen LogP contribution < -0.4 is 0 Å². The van der Waals surface area contributed by atoms with Crippen molar-refractivity contribution in [2.75, 3.05) is 6.61 Å². The lowest BCUT2D eigenvalue weighted by molar-refractivity contribution is -0.145. The average Bonchev–Trinajstić information content (AvgIpc) is 2.54. The molecule has 1 aromatic carbocycles. The molecule has 0 aliphatic heterocycles. The van der Waals surface area contributed by atoms with E-state index in [1.165, 1.54) is 16.7 Å². The largest absolute Gasteiger partial charge is 0.461 e. The van der Waals surface area contributed by atoms with E-state index in [0.29, 0.717) is 18.4 Å². The van der Waals surface area contributed by atoms with Gasteiger partial charge in [0.05, 0.1) is 5.92 Å². The van der Waals surface area contributed by atoms with Crippen LogP contribution in [0.1, 0.15) is 37.8 Å². The van der Waals surface area contributed by atoms with Gasteiger partial charge in [-0.25, -0.2) is 0 Å². The highest BCUT2D eigenvalue weighted by Crippen LogP contribution is 2.44. The number of allylic oxidation sites excluding steroid dienone is 5. The Morgan fingerprint density at radius 3 is 2.77 bits per heavy atom. The van der Waals surface area contributed by atoms with E-state index in [-0.39, 0.29) is 11.9 Å². The third kappa shape index (κ3) is 2.54. The summed E-state index contributed by atoms with van der Waals surface area (Å²) in [6.07, 6.45) is 8.59. The van der Waals surface area contributed by atoms with Gasteiger partial charge in [-0.2, -0.15) is 0 Å². The van der Waals surface area contributed by atoms with Gasteiger partial charge in [-0.15, -0.1) is 0 Å². The Morgan fingerprint density at radius 1 is 1.23 bits per heavy atom. The molecular weight excluding hydrogens is 272 g/mol. The quantitative estimate of drug-likeness (QED) is 0.767. The van der Waals surface area contributed by atoms with E-state index in [1.807, 2.05) is 13.8 Å². The average molecular weight is 294 g/mol. The number of ether oxygens (including phenoxy) is 1. The van der Waals surface area contributed by atoms with E-state index >= 15 is 0 Å². The van der Waals surface area contributed by atoms with Crippen molar-refractivity contribution < 1.29 is 9.53 Å². The summed E-state index contributed by atoms with van der Waals surface area (Å²) < 4.78 is 5.53. The number of esters is 1. The lowest BCUT2D eigenvalue weighted by atomic mass is 9.71. The summed E-state index contributed by atoms with van der Waals surface area (Å²) in [6, 6.07) is 8.46. The lowest BCUT2D eigenvalue weighted by Gasteiger charge is -2.34. The highest BCUT2D eigenvalue weighted by Gasteiger charge is 2.31. The van der Waals surface area contributed by atoms with Gasteiger partial charge in [-0.05, 0) is 22.6 Å². The first-order valence-corrected chi connectivity index (χ1v) is 7.93. The van der Waals surface area contributed by atoms with Crippen LogP contribution in [0.25, 0.3) is 5.57 Å². The first-order valence-electron chi connectivity index (χ1n) is 7.93. The first kappa shape index (κ1) is 14.8. The maximum atomic E-state index is 11.8. The van der Waals surface area contributed by atoms with Crippen molar-refractivity contribution in [2.45, 2.75) is 26.7 Å². The molecular formula is C20H22O2. The van der Waals surface area contributed by atoms with Crippen LogP contribution in [0, 0.1) is 11.8 Å². The second-order valence-electron chi connectivity index (χ2n) is 6.34. The number of carbonyl (C=O) groups excluding carboxylic acids is 1. The zero-order chi connectivity index (χ0) is 15.7. The summed E-state index contributed by atoms with van der Waals surface area (Å²) in [5.74, 6) is 0.571. The van der Waals surface area contributed by atoms with Crippen LogP contribution in [0.5, 0.6) is 0 Å². The molecule has 0 N–H and O–H groups in total. The van der Waals surface area contributed by atoms with E-state index < -0.39 is 0 Å². The van der Waals surface area contributed by atoms with Crippen molar-refractivity contribution in [1.82, 2.24) is 0 Å². The minimum atomic E-state index is -0.143. The number of benzene rings is 1. The van der Waals surface area contributed by atoms with Crippen LogP contribution in [-0.4, -0.2) is 12.6 Å². The van der Waals surface area contributed by atoms with Gasteiger partial charge in [0.2, 0.25) is 0 Å². The molecule has 0 saturated heterocycles. The van der Waals surface area contributed by atoms with Crippen LogP contribution in [0.2, 0.25) is 0 Å². The minimum absolute atomic E-state index is 0.0963. The van der Waals surface area contributed by atoms with Crippen LogP contribution in [0.3, 0.4) is 0 Å². The SMILES string of the molecule is CC(C)C(=O)OCC1=C2C=CC=CC2[C@H](C)c2ccccc21. The Hall–Kier alpha value is -2.09. The molecule has 0 aromatic heterocycles. The zero-order valence-electron chi connectivity index (χ0n) is 13.4. The van der Waals surface area contributed by atoms with Gasteiger partial charge in [-0.3, -0.25) is 4.79 Å². The fraction of sp³-hybridized carbons (Fsp3) is 0.350. The molecule has 0 radical (unpaired) electrons. The number of rotatable bonds is 3. The lowest BCUT2D eigenvalue weighted by Crippen LogP contribution is -2.22. The molecule has 2 nitrogen and oxygen atoms in total. The van der Waals surface area contributed by atoms with E-state index in [4.69, 9.17) is 4.74 Å². The molecule has 0 spiro atoms. The van der Waals surface area contributed by atoms with Gasteiger partial charge in [0.25, 0.3) is 0 Å². The molecule has 0 amide bonds. The van der Waals surface area contributed by atoms with E-state index in [9.17, 15) is 4.79 Å². The molecule has 0 fully saturated rings. The van der Waals surface area contributed by atoms with Crippen molar-refractivity contribution in [3.63, 3.8) is 0 Å². The maximum Gasteiger partial charge on any atom is 0.308 e. The predicted octanol–water partition coefficient (Wildman–Crippen LogP) is 4.50. The number of hydrogen-bond donors (Lipinski definition) is 0. The summed E-state index contributed by atoms with van der Waals surface area (Å²) in [5.41, 5.74) is 4.99. The van der Waals surface area contributed by atoms with Gasteiger partial charge in [0, 0.05) is 11.5 Å². The Bertz CT molecular complexity index is 677. The molecule has 0 saturated carbocycles. The van der Waals surface area contributed by atoms with Gasteiger partial charge in [-0.1, -0.05) is 69.3 Å². The fourth-order valence-electron chi connectivity index (χ4n) is 3.28. The number of hydrogen-bond acceptors (Lipinski definition) is 2. The standard InChI is InChI=1S/C20H22O2/c1-13(2)20(21)22-12-19-17-10-6-4-8-15(17)14(3)16-9-5-7-11-18(16)19/h4-11,13-15H,12H2,1-3H3/t14-,15?/m0/s1. The molecule has 3 rings (SSSR count). The van der Waals surface area contributed by atoms with Crippen molar-refractivity contribution in [1.29, 1.82) is 0 Å². The van der Waals surface area contributed by atoms with Gasteiger partial charge in [0.15, 0.2) is 0 Å². The highest BCUT2D eigenvalue weighted by atomic mass is 16.5. The topological polar surface area (TPSA) is 26.3 Å². The van der Waals surface area contributed by atoms with Crippen molar-refractivity contribution >= 4 is 11.5 Å². The van der Waals surface area contributed by atoms with Gasteiger partial charge in [0.1, 0.15) is 6.61 Å². The third-order valence-electron chi connectivity index (χ3n) is 4.56. The molecule has 1 aromatic rings. The molecule has 2 atom stereocenters. The van der Waals surface area contributed by atoms with Crippen LogP contribution in [-0.2, 0) is 9.53 Å². The Morgan fingerprint density at radius 2 is 2.00 bits per heavy atom. The van der Waals surface area contributed by atoms with Crippen molar-refractivity contribution in [3.05, 3.63) is 65.3 Å². The van der Waals surface area contributed by atoms with Crippen LogP contribution in [0.4, 0.5) is 0 Å². The second-order valence-corrected chi connectivity index (χ2v) is 6.34. The van der Waals surface area contributed by atoms with Crippen LogP contribution in [0.15, 0.2) is 54.1 Å². The maximum absolute atomic E-state index is 11.8. The number of fused-ring (bicyclic) bond motifs is 2. The molecule has 2 aliphatic rings. The second kappa shape index (κ2) is 5.96. The molecule has 0 heterocycles. The molecule has 0 bridgehead atoms. The van der Waals surface area contributed by atoms with E-state index in [0.717, 1.165) is 5.57 Å². The number of carbonyl (C=O) groups is 1. The molecule has 22 heavy (non-hydrogen) atoms. The third-order valence-corrected chi connectivity index (χ3v) is 4.56. The summed E-state index contributed by atoms with van der Waals surface area (Å²) in [7, 11) is 0. The predicted molar refractivity (Wildman–Crippen MR) is 89.3 cm³/mol. The Kier molecular flexibility index (Phi) is 4.02. The summed E-state index contributed by atoms with van der Waals surface area (Å²) in [5, 5.41) is 0. The van der Waals surface area contributed by atoms with Crippen molar-refractivity contribution in [3.8, 4) is 0 Å². The molecule has 2 aliphatic carbocycles. The molecule has 114 valence electrons. The Balaban J connectivity index is 2.01. The summed E-state index contributed by atoms with van der Waals surface area (Å²) in [4.78, 5) is 11.8. The first-order chi connectivity index (χ1) is 10.6.